The van der Waals surface area contributed by atoms with Crippen LogP contribution in [-0.2, 0) is 12.3 Å². The molecule has 0 aliphatic heterocycles. The fourth-order valence-corrected chi connectivity index (χ4v) is 4.16. The van der Waals surface area contributed by atoms with E-state index in [1.165, 1.54) is 24.0 Å². The maximum absolute atomic E-state index is 14.9. The molecule has 0 saturated carbocycles. The smallest absolute Gasteiger partial charge is 0.311 e. The number of hydrogen-bond acceptors (Lipinski definition) is 7. The largest absolute Gasteiger partial charge is 0.480 e. The number of nitrogens with one attached hydrogen (secondary N) is 1. The van der Waals surface area contributed by atoms with E-state index in [1.54, 1.807) is 30.3 Å². The number of halogens is 1. The van der Waals surface area contributed by atoms with Crippen molar-refractivity contribution in [1.29, 1.82) is 0 Å². The molecule has 4 aromatic rings. The van der Waals surface area contributed by atoms with Gasteiger partial charge in [-0.25, -0.2) is 9.37 Å². The van der Waals surface area contributed by atoms with Crippen LogP contribution in [0.2, 0.25) is 0 Å². The van der Waals surface area contributed by atoms with E-state index in [-0.39, 0.29) is 29.4 Å². The molecule has 0 atom stereocenters. The van der Waals surface area contributed by atoms with Crippen LogP contribution in [-0.4, -0.2) is 21.9 Å². The summed E-state index contributed by atoms with van der Waals surface area (Å²) in [6.07, 6.45) is 2.44. The minimum absolute atomic E-state index is 0.0347. The number of nitro groups is 1. The summed E-state index contributed by atoms with van der Waals surface area (Å²) in [6.45, 7) is -0.201. The maximum Gasteiger partial charge on any atom is 0.311 e. The summed E-state index contributed by atoms with van der Waals surface area (Å²) in [5, 5.41) is 14.7. The highest BCUT2D eigenvalue weighted by Crippen LogP contribution is 2.41. The first kappa shape index (κ1) is 19.5. The molecule has 7 nitrogen and oxygen atoms in total. The van der Waals surface area contributed by atoms with Crippen LogP contribution in [0.15, 0.2) is 84.0 Å². The van der Waals surface area contributed by atoms with E-state index >= 15 is 0 Å². The second kappa shape index (κ2) is 10.8. The third kappa shape index (κ3) is 5.32. The molecule has 2 aromatic heterocycles. The van der Waals surface area contributed by atoms with Gasteiger partial charge in [0.1, 0.15) is 17.7 Å². The Labute approximate surface area is 204 Å². The Bertz CT molecular complexity index is 1390. The predicted molar refractivity (Wildman–Crippen MR) is 130 cm³/mol. The lowest BCUT2D eigenvalue weighted by Crippen LogP contribution is -2.09. The standard InChI is InChI=1S/C25H21FN4O3S/c1-33-25-23(18-10-6-3-7-11-18)24(22(15-29-25)30(31)32)28-14-21-20(26)12-19(13-27-21)34-16-17-8-4-2-5-9-17/h2-13,15H,14,16H2,1H3,(H,28,29)/i1D3. The molecule has 0 saturated heterocycles. The number of pyridine rings is 2. The van der Waals surface area contributed by atoms with Crippen molar-refractivity contribution < 1.29 is 18.2 Å². The fraction of sp³-hybridized carbons (Fsp3) is 0.120. The third-order valence-corrected chi connectivity index (χ3v) is 5.99. The number of hydrogen-bond donors (Lipinski definition) is 1. The van der Waals surface area contributed by atoms with Crippen molar-refractivity contribution in [3.05, 3.63) is 106 Å². The van der Waals surface area contributed by atoms with Crippen LogP contribution in [0.5, 0.6) is 5.88 Å². The zero-order valence-electron chi connectivity index (χ0n) is 20.8. The number of nitrogens with zero attached hydrogens (tertiary/aromatic N) is 3. The van der Waals surface area contributed by atoms with E-state index in [9.17, 15) is 14.5 Å². The van der Waals surface area contributed by atoms with Crippen molar-refractivity contribution >= 4 is 23.1 Å². The van der Waals surface area contributed by atoms with Gasteiger partial charge >= 0.3 is 5.69 Å². The van der Waals surface area contributed by atoms with Gasteiger partial charge in [0.2, 0.25) is 5.88 Å². The van der Waals surface area contributed by atoms with Crippen molar-refractivity contribution in [1.82, 2.24) is 9.97 Å². The second-order valence-electron chi connectivity index (χ2n) is 7.15. The Morgan fingerprint density at radius 3 is 2.53 bits per heavy atom. The van der Waals surface area contributed by atoms with E-state index in [0.717, 1.165) is 11.8 Å². The van der Waals surface area contributed by atoms with Gasteiger partial charge in [-0.1, -0.05) is 60.7 Å². The van der Waals surface area contributed by atoms with Crippen LogP contribution in [0.25, 0.3) is 11.1 Å². The summed E-state index contributed by atoms with van der Waals surface area (Å²) in [4.78, 5) is 19.9. The minimum atomic E-state index is -2.84. The number of anilines is 1. The van der Waals surface area contributed by atoms with Gasteiger partial charge < -0.3 is 10.1 Å². The molecule has 0 aliphatic rings. The molecule has 0 unspecified atom stereocenters. The molecular weight excluding hydrogens is 455 g/mol. The Morgan fingerprint density at radius 2 is 1.85 bits per heavy atom. The molecule has 2 aromatic carbocycles. The van der Waals surface area contributed by atoms with Crippen LogP contribution in [0, 0.1) is 15.9 Å². The molecular formula is C25H21FN4O3S. The molecule has 0 radical (unpaired) electrons. The second-order valence-corrected chi connectivity index (χ2v) is 8.20. The molecule has 0 amide bonds. The Hall–Kier alpha value is -3.98. The number of methoxy groups -OCH3 is 1. The third-order valence-electron chi connectivity index (χ3n) is 4.95. The number of rotatable bonds is 9. The van der Waals surface area contributed by atoms with Crippen molar-refractivity contribution in [3.63, 3.8) is 0 Å². The lowest BCUT2D eigenvalue weighted by atomic mass is 10.0. The molecule has 0 fully saturated rings. The number of thioether (sulfide) groups is 1. The molecule has 0 spiro atoms. The Kier molecular flexibility index (Phi) is 6.17. The normalized spacial score (nSPS) is 12.3. The average Bonchev–Trinajstić information content (AvgIpc) is 2.87. The Morgan fingerprint density at radius 1 is 1.12 bits per heavy atom. The van der Waals surface area contributed by atoms with Crippen molar-refractivity contribution in [2.45, 2.75) is 17.2 Å². The van der Waals surface area contributed by atoms with Crippen molar-refractivity contribution in [2.75, 3.05) is 12.4 Å². The summed E-state index contributed by atoms with van der Waals surface area (Å²) in [5.41, 5.74) is 1.14. The average molecular weight is 480 g/mol. The van der Waals surface area contributed by atoms with Gasteiger partial charge in [-0.15, -0.1) is 11.8 Å². The van der Waals surface area contributed by atoms with Gasteiger partial charge in [-0.05, 0) is 17.2 Å². The SMILES string of the molecule is [2H]C([2H])([2H])Oc1ncc([N+](=O)[O-])c(NCc2ncc(SCc3ccccc3)cc2F)c1-c1ccccc1. The lowest BCUT2D eigenvalue weighted by Gasteiger charge is -2.15. The zero-order valence-corrected chi connectivity index (χ0v) is 18.6. The first-order valence-corrected chi connectivity index (χ1v) is 11.2. The van der Waals surface area contributed by atoms with Crippen LogP contribution < -0.4 is 10.1 Å². The molecule has 172 valence electrons. The highest BCUT2D eigenvalue weighted by Gasteiger charge is 2.24. The van der Waals surface area contributed by atoms with Crippen molar-refractivity contribution in [2.24, 2.45) is 0 Å². The molecule has 0 bridgehead atoms. The molecule has 0 aliphatic carbocycles. The fourth-order valence-electron chi connectivity index (χ4n) is 3.32. The van der Waals surface area contributed by atoms with Crippen molar-refractivity contribution in [3.8, 4) is 17.0 Å². The molecule has 9 heteroatoms. The maximum atomic E-state index is 14.9. The van der Waals surface area contributed by atoms with Gasteiger partial charge in [0.05, 0.1) is 33.9 Å². The first-order chi connectivity index (χ1) is 17.7. The van der Waals surface area contributed by atoms with Crippen LogP contribution >= 0.6 is 11.8 Å². The number of aromatic nitrogens is 2. The molecule has 4 rings (SSSR count). The van der Waals surface area contributed by atoms with Gasteiger partial charge in [0.25, 0.3) is 0 Å². The molecule has 1 N–H and O–H groups in total. The quantitative estimate of drug-likeness (QED) is 0.176. The van der Waals surface area contributed by atoms with E-state index in [4.69, 9.17) is 8.85 Å². The van der Waals surface area contributed by atoms with Crippen LogP contribution in [0.3, 0.4) is 0 Å². The van der Waals surface area contributed by atoms with Gasteiger partial charge in [-0.3, -0.25) is 15.1 Å². The summed E-state index contributed by atoms with van der Waals surface area (Å²) in [6, 6.07) is 19.5. The van der Waals surface area contributed by atoms with Gasteiger partial charge in [-0.2, -0.15) is 0 Å². The molecule has 2 heterocycles. The zero-order chi connectivity index (χ0) is 26.4. The van der Waals surface area contributed by atoms with E-state index < -0.39 is 23.5 Å². The van der Waals surface area contributed by atoms with E-state index in [0.29, 0.717) is 16.2 Å². The van der Waals surface area contributed by atoms with Gasteiger partial charge in [0, 0.05) is 16.8 Å². The van der Waals surface area contributed by atoms with Crippen LogP contribution in [0.1, 0.15) is 15.4 Å². The van der Waals surface area contributed by atoms with Crippen LogP contribution in [0.4, 0.5) is 15.8 Å². The minimum Gasteiger partial charge on any atom is -0.480 e. The highest BCUT2D eigenvalue weighted by atomic mass is 32.2. The first-order valence-electron chi connectivity index (χ1n) is 11.7. The summed E-state index contributed by atoms with van der Waals surface area (Å²) in [7, 11) is -2.84. The number of ether oxygens (including phenoxy) is 1. The summed E-state index contributed by atoms with van der Waals surface area (Å²) in [5.74, 6) is -0.252. The van der Waals surface area contributed by atoms with E-state index in [2.05, 4.69) is 15.3 Å². The monoisotopic (exact) mass is 479 g/mol. The lowest BCUT2D eigenvalue weighted by molar-refractivity contribution is -0.384. The molecule has 34 heavy (non-hydrogen) atoms. The van der Waals surface area contributed by atoms with E-state index in [1.807, 2.05) is 30.3 Å². The predicted octanol–water partition coefficient (Wildman–Crippen LogP) is 6.10. The topological polar surface area (TPSA) is 90.2 Å². The van der Waals surface area contributed by atoms with Gasteiger partial charge in [0.15, 0.2) is 0 Å². The highest BCUT2D eigenvalue weighted by molar-refractivity contribution is 7.98. The summed E-state index contributed by atoms with van der Waals surface area (Å²) >= 11 is 1.43. The summed E-state index contributed by atoms with van der Waals surface area (Å²) < 4.78 is 42.4. The Balaban J connectivity index is 1.63. The number of benzene rings is 2.